The molecule has 2 amide bonds. The molecular formula is C21H20N4O2. The summed E-state index contributed by atoms with van der Waals surface area (Å²) >= 11 is 0. The van der Waals surface area contributed by atoms with Gasteiger partial charge in [-0.1, -0.05) is 48.0 Å². The number of anilines is 1. The van der Waals surface area contributed by atoms with Crippen molar-refractivity contribution in [2.45, 2.75) is 13.3 Å². The van der Waals surface area contributed by atoms with E-state index in [4.69, 9.17) is 0 Å². The van der Waals surface area contributed by atoms with Crippen molar-refractivity contribution >= 4 is 17.6 Å². The van der Waals surface area contributed by atoms with Crippen LogP contribution in [-0.2, 0) is 9.59 Å². The summed E-state index contributed by atoms with van der Waals surface area (Å²) < 4.78 is 1.82. The molecule has 0 bridgehead atoms. The van der Waals surface area contributed by atoms with Crippen molar-refractivity contribution in [3.05, 3.63) is 66.2 Å². The average molecular weight is 360 g/mol. The first-order chi connectivity index (χ1) is 13.1. The van der Waals surface area contributed by atoms with Crippen molar-refractivity contribution in [1.82, 2.24) is 15.1 Å². The molecule has 1 aliphatic rings. The van der Waals surface area contributed by atoms with Crippen LogP contribution in [0, 0.1) is 12.8 Å². The van der Waals surface area contributed by atoms with Crippen LogP contribution in [0.2, 0.25) is 0 Å². The van der Waals surface area contributed by atoms with Crippen molar-refractivity contribution < 1.29 is 9.59 Å². The zero-order valence-electron chi connectivity index (χ0n) is 15.0. The summed E-state index contributed by atoms with van der Waals surface area (Å²) in [5.74, 6) is -0.173. The van der Waals surface area contributed by atoms with Crippen LogP contribution < -0.4 is 10.6 Å². The summed E-state index contributed by atoms with van der Waals surface area (Å²) in [6.45, 7) is 2.41. The molecule has 0 radical (unpaired) electrons. The van der Waals surface area contributed by atoms with Crippen LogP contribution in [0.25, 0.3) is 16.9 Å². The predicted octanol–water partition coefficient (Wildman–Crippen LogP) is 2.92. The summed E-state index contributed by atoms with van der Waals surface area (Å²) in [6.07, 6.45) is 0.218. The maximum atomic E-state index is 12.4. The topological polar surface area (TPSA) is 76.0 Å². The molecule has 1 aromatic heterocycles. The summed E-state index contributed by atoms with van der Waals surface area (Å²) in [5, 5.41) is 10.1. The Kier molecular flexibility index (Phi) is 4.46. The maximum Gasteiger partial charge on any atom is 0.230 e. The highest BCUT2D eigenvalue weighted by atomic mass is 16.2. The molecule has 1 saturated heterocycles. The number of carbonyl (C=O) groups is 2. The van der Waals surface area contributed by atoms with Gasteiger partial charge in [0.25, 0.3) is 0 Å². The van der Waals surface area contributed by atoms with Crippen LogP contribution in [0.5, 0.6) is 0 Å². The fraction of sp³-hybridized carbons (Fsp3) is 0.190. The predicted molar refractivity (Wildman–Crippen MR) is 103 cm³/mol. The Morgan fingerprint density at radius 1 is 1.15 bits per heavy atom. The first kappa shape index (κ1) is 17.0. The Bertz CT molecular complexity index is 977. The van der Waals surface area contributed by atoms with Crippen molar-refractivity contribution in [2.75, 3.05) is 11.9 Å². The van der Waals surface area contributed by atoms with E-state index in [1.807, 2.05) is 72.3 Å². The van der Waals surface area contributed by atoms with Gasteiger partial charge in [0, 0.05) is 24.6 Å². The van der Waals surface area contributed by atoms with E-state index in [0.29, 0.717) is 12.4 Å². The summed E-state index contributed by atoms with van der Waals surface area (Å²) in [6, 6.07) is 19.8. The number of aromatic nitrogens is 2. The van der Waals surface area contributed by atoms with Gasteiger partial charge in [0.05, 0.1) is 17.3 Å². The Hall–Kier alpha value is -3.41. The van der Waals surface area contributed by atoms with Gasteiger partial charge in [-0.05, 0) is 19.1 Å². The second kappa shape index (κ2) is 7.07. The van der Waals surface area contributed by atoms with E-state index in [9.17, 15) is 9.59 Å². The van der Waals surface area contributed by atoms with Gasteiger partial charge < -0.3 is 10.6 Å². The molecule has 2 N–H and O–H groups in total. The quantitative estimate of drug-likeness (QED) is 0.751. The molecule has 1 aliphatic heterocycles. The molecular weight excluding hydrogens is 340 g/mol. The highest BCUT2D eigenvalue weighted by molar-refractivity contribution is 5.97. The smallest absolute Gasteiger partial charge is 0.230 e. The lowest BCUT2D eigenvalue weighted by molar-refractivity contribution is -0.123. The number of nitrogens with one attached hydrogen (secondary N) is 2. The Balaban J connectivity index is 1.68. The first-order valence-corrected chi connectivity index (χ1v) is 8.90. The third-order valence-electron chi connectivity index (χ3n) is 4.66. The van der Waals surface area contributed by atoms with Gasteiger partial charge in [0.15, 0.2) is 5.82 Å². The molecule has 2 heterocycles. The van der Waals surface area contributed by atoms with Gasteiger partial charge in [0.1, 0.15) is 0 Å². The molecule has 3 aromatic rings. The molecule has 1 atom stereocenters. The molecule has 27 heavy (non-hydrogen) atoms. The van der Waals surface area contributed by atoms with Gasteiger partial charge in [-0.3, -0.25) is 9.59 Å². The van der Waals surface area contributed by atoms with E-state index in [2.05, 4.69) is 15.7 Å². The second-order valence-corrected chi connectivity index (χ2v) is 6.72. The second-order valence-electron chi connectivity index (χ2n) is 6.72. The molecule has 0 spiro atoms. The summed E-state index contributed by atoms with van der Waals surface area (Å²) in [4.78, 5) is 23.8. The Morgan fingerprint density at radius 3 is 2.56 bits per heavy atom. The normalized spacial score (nSPS) is 16.2. The van der Waals surface area contributed by atoms with E-state index in [1.165, 1.54) is 5.56 Å². The molecule has 0 unspecified atom stereocenters. The number of hydrogen-bond donors (Lipinski definition) is 2. The van der Waals surface area contributed by atoms with Gasteiger partial charge in [0.2, 0.25) is 11.8 Å². The standard InChI is InChI=1S/C21H20N4O2/c1-14-7-9-15(10-8-14)18-12-19(23-21(27)16-11-20(26)22-13-16)24-25(18)17-5-3-2-4-6-17/h2-10,12,16H,11,13H2,1H3,(H,22,26)(H,23,24,27)/t16-/m1/s1. The minimum Gasteiger partial charge on any atom is -0.355 e. The van der Waals surface area contributed by atoms with Crippen molar-refractivity contribution in [3.8, 4) is 16.9 Å². The molecule has 0 saturated carbocycles. The first-order valence-electron chi connectivity index (χ1n) is 8.90. The number of para-hydroxylation sites is 1. The lowest BCUT2D eigenvalue weighted by Gasteiger charge is -2.08. The van der Waals surface area contributed by atoms with Crippen LogP contribution in [0.3, 0.4) is 0 Å². The molecule has 6 heteroatoms. The molecule has 6 nitrogen and oxygen atoms in total. The molecule has 136 valence electrons. The summed E-state index contributed by atoms with van der Waals surface area (Å²) in [5.41, 5.74) is 3.98. The minimum atomic E-state index is -0.359. The van der Waals surface area contributed by atoms with Gasteiger partial charge >= 0.3 is 0 Å². The minimum absolute atomic E-state index is 0.0923. The van der Waals surface area contributed by atoms with E-state index in [0.717, 1.165) is 16.9 Å². The highest BCUT2D eigenvalue weighted by Gasteiger charge is 2.28. The zero-order chi connectivity index (χ0) is 18.8. The largest absolute Gasteiger partial charge is 0.355 e. The van der Waals surface area contributed by atoms with E-state index < -0.39 is 0 Å². The fourth-order valence-corrected chi connectivity index (χ4v) is 3.16. The third kappa shape index (κ3) is 3.60. The summed E-state index contributed by atoms with van der Waals surface area (Å²) in [7, 11) is 0. The van der Waals surface area contributed by atoms with Gasteiger partial charge in [-0.2, -0.15) is 0 Å². The van der Waals surface area contributed by atoms with Gasteiger partial charge in [-0.25, -0.2) is 4.68 Å². The number of benzene rings is 2. The monoisotopic (exact) mass is 360 g/mol. The Morgan fingerprint density at radius 2 is 1.89 bits per heavy atom. The van der Waals surface area contributed by atoms with Crippen molar-refractivity contribution in [3.63, 3.8) is 0 Å². The van der Waals surface area contributed by atoms with Crippen LogP contribution in [0.4, 0.5) is 5.82 Å². The van der Waals surface area contributed by atoms with Gasteiger partial charge in [-0.15, -0.1) is 5.10 Å². The van der Waals surface area contributed by atoms with Crippen LogP contribution in [0.15, 0.2) is 60.7 Å². The van der Waals surface area contributed by atoms with Crippen molar-refractivity contribution in [1.29, 1.82) is 0 Å². The van der Waals surface area contributed by atoms with E-state index >= 15 is 0 Å². The lowest BCUT2D eigenvalue weighted by Crippen LogP contribution is -2.24. The number of hydrogen-bond acceptors (Lipinski definition) is 3. The van der Waals surface area contributed by atoms with Crippen LogP contribution in [-0.4, -0.2) is 28.1 Å². The molecule has 0 aliphatic carbocycles. The van der Waals surface area contributed by atoms with Crippen LogP contribution >= 0.6 is 0 Å². The third-order valence-corrected chi connectivity index (χ3v) is 4.66. The van der Waals surface area contributed by atoms with Crippen LogP contribution in [0.1, 0.15) is 12.0 Å². The van der Waals surface area contributed by atoms with Crippen molar-refractivity contribution in [2.24, 2.45) is 5.92 Å². The maximum absolute atomic E-state index is 12.4. The number of rotatable bonds is 4. The number of carbonyl (C=O) groups excluding carboxylic acids is 2. The zero-order valence-corrected chi connectivity index (χ0v) is 15.0. The Labute approximate surface area is 157 Å². The molecule has 4 rings (SSSR count). The number of aryl methyl sites for hydroxylation is 1. The van der Waals surface area contributed by atoms with E-state index in [-0.39, 0.29) is 24.2 Å². The van der Waals surface area contributed by atoms with E-state index in [1.54, 1.807) is 0 Å². The fourth-order valence-electron chi connectivity index (χ4n) is 3.16. The average Bonchev–Trinajstić information content (AvgIpc) is 3.30. The number of amides is 2. The molecule has 2 aromatic carbocycles. The lowest BCUT2D eigenvalue weighted by atomic mass is 10.1. The number of nitrogens with zero attached hydrogens (tertiary/aromatic N) is 2. The highest BCUT2D eigenvalue weighted by Crippen LogP contribution is 2.27. The SMILES string of the molecule is Cc1ccc(-c2cc(NC(=O)[C@H]3CNC(=O)C3)nn2-c2ccccc2)cc1. The molecule has 1 fully saturated rings.